The molecule has 19 heavy (non-hydrogen) atoms. The molecule has 0 saturated heterocycles. The Morgan fingerprint density at radius 1 is 0.842 bits per heavy atom. The summed E-state index contributed by atoms with van der Waals surface area (Å²) in [7, 11) is -12.9. The molecule has 0 aromatic carbocycles. The molecule has 1 N–H and O–H groups in total. The van der Waals surface area contributed by atoms with Crippen LogP contribution in [0.15, 0.2) is 0 Å². The van der Waals surface area contributed by atoms with Crippen LogP contribution in [0.1, 0.15) is 0 Å². The van der Waals surface area contributed by atoms with Gasteiger partial charge in [-0.1, -0.05) is 0 Å². The summed E-state index contributed by atoms with van der Waals surface area (Å²) in [6.07, 6.45) is 0. The fourth-order valence-corrected chi connectivity index (χ4v) is 0.980. The molecule has 4 atom stereocenters. The molecule has 0 aromatic heterocycles. The zero-order chi connectivity index (χ0) is 15.1. The number of aliphatic hydroxyl groups excluding tert-OH is 1. The van der Waals surface area contributed by atoms with Crippen molar-refractivity contribution in [1.82, 2.24) is 0 Å². The van der Waals surface area contributed by atoms with Crippen molar-refractivity contribution >= 4 is 44.6 Å². The van der Waals surface area contributed by atoms with E-state index in [9.17, 15) is 37.8 Å². The Hall–Kier alpha value is 1.28. The van der Waals surface area contributed by atoms with E-state index in [2.05, 4.69) is 8.62 Å². The third-order valence-corrected chi connectivity index (χ3v) is 2.65. The smallest absolute Gasteiger partial charge is 0.563 e. The van der Waals surface area contributed by atoms with Gasteiger partial charge in [0.25, 0.3) is 0 Å². The summed E-state index contributed by atoms with van der Waals surface area (Å²) in [5.74, 6) is 0.347. The molecule has 0 aliphatic heterocycles. The van der Waals surface area contributed by atoms with Crippen molar-refractivity contribution in [3.05, 3.63) is 0 Å². The molecular formula is C2H5ClHfO11P4+4. The molecule has 0 bridgehead atoms. The first-order valence-corrected chi connectivity index (χ1v) is 8.19. The van der Waals surface area contributed by atoms with Gasteiger partial charge in [0.2, 0.25) is 0 Å². The van der Waals surface area contributed by atoms with E-state index in [1.54, 1.807) is 0 Å². The van der Waals surface area contributed by atoms with Gasteiger partial charge in [0.05, 0.1) is 6.61 Å². The molecule has 0 radical (unpaired) electrons. The Balaban J connectivity index is -0.0000000900. The second-order valence-corrected chi connectivity index (χ2v) is 4.94. The van der Waals surface area contributed by atoms with Gasteiger partial charge in [-0.3, -0.25) is 0 Å². The van der Waals surface area contributed by atoms with Crippen molar-refractivity contribution in [1.29, 1.82) is 0 Å². The average Bonchev–Trinajstić information content (AvgIpc) is 2.14. The second kappa shape index (κ2) is 21.6. The van der Waals surface area contributed by atoms with Gasteiger partial charge < -0.3 is 24.7 Å². The topological polar surface area (TPSA) is 199 Å². The van der Waals surface area contributed by atoms with E-state index in [0.29, 0.717) is 5.88 Å². The molecule has 4 unspecified atom stereocenters. The van der Waals surface area contributed by atoms with Crippen molar-refractivity contribution < 1.29 is 77.4 Å². The molecule has 17 heteroatoms. The molecule has 0 spiro atoms. The quantitative estimate of drug-likeness (QED) is 0.235. The van der Waals surface area contributed by atoms with Crippen molar-refractivity contribution in [3.63, 3.8) is 0 Å². The van der Waals surface area contributed by atoms with Gasteiger partial charge in [0.1, 0.15) is 8.62 Å². The number of hydrogen-bond acceptors (Lipinski definition) is 11. The Morgan fingerprint density at radius 2 is 1.00 bits per heavy atom. The van der Waals surface area contributed by atoms with Crippen LogP contribution in [0.2, 0.25) is 0 Å². The van der Waals surface area contributed by atoms with Crippen LogP contribution in [0.25, 0.3) is 0 Å². The number of halogens is 1. The molecule has 0 aliphatic rings. The summed E-state index contributed by atoms with van der Waals surface area (Å²) in [5, 5.41) is 7.74. The van der Waals surface area contributed by atoms with Gasteiger partial charge in [-0.25, -0.2) is 0 Å². The van der Waals surface area contributed by atoms with Gasteiger partial charge in [-0.2, -0.15) is 0 Å². The third kappa shape index (κ3) is 54.5. The van der Waals surface area contributed by atoms with Gasteiger partial charge in [-0.05, 0) is 18.3 Å². The number of rotatable bonds is 5. The molecule has 106 valence electrons. The standard InChI is InChI=1S/C2H5ClO.Hf.2O5P2/c3-1-2-4;;2*1-6(2)5-7(3)4/h4H,1-2H2;;;/q;+4;;. The van der Waals surface area contributed by atoms with Crippen LogP contribution < -0.4 is 19.6 Å². The predicted octanol–water partition coefficient (Wildman–Crippen LogP) is -1.71. The fourth-order valence-electron chi connectivity index (χ4n) is 0.109. The van der Waals surface area contributed by atoms with E-state index >= 15 is 0 Å². The number of aliphatic hydroxyl groups is 1. The largest absolute Gasteiger partial charge is 4.00 e. The first-order valence-electron chi connectivity index (χ1n) is 3.27. The summed E-state index contributed by atoms with van der Waals surface area (Å²) in [5.41, 5.74) is 0. The summed E-state index contributed by atoms with van der Waals surface area (Å²) in [6, 6.07) is 0. The summed E-state index contributed by atoms with van der Waals surface area (Å²) < 4.78 is 43.3. The van der Waals surface area contributed by atoms with Crippen LogP contribution in [-0.2, 0) is 52.7 Å². The first-order chi connectivity index (χ1) is 8.17. The van der Waals surface area contributed by atoms with Gasteiger partial charge >= 0.3 is 58.9 Å². The van der Waals surface area contributed by atoms with E-state index in [1.165, 1.54) is 0 Å². The minimum absolute atomic E-state index is 0. The Morgan fingerprint density at radius 3 is 1.00 bits per heavy atom. The summed E-state index contributed by atoms with van der Waals surface area (Å²) in [4.78, 5) is 37.0. The maximum atomic E-state index is 9.24. The zero-order valence-electron chi connectivity index (χ0n) is 8.61. The maximum Gasteiger partial charge on any atom is 4.00 e. The minimum Gasteiger partial charge on any atom is -0.563 e. The molecule has 0 saturated carbocycles. The summed E-state index contributed by atoms with van der Waals surface area (Å²) in [6.45, 7) is 0.0849. The third-order valence-electron chi connectivity index (χ3n) is 0.351. The maximum absolute atomic E-state index is 9.24. The van der Waals surface area contributed by atoms with Crippen LogP contribution in [-0.4, -0.2) is 17.6 Å². The zero-order valence-corrected chi connectivity index (χ0v) is 16.5. The Labute approximate surface area is 134 Å². The number of alkyl halides is 1. The normalized spacial score (nSPS) is 11.5. The first kappa shape index (κ1) is 28.4. The van der Waals surface area contributed by atoms with Crippen molar-refractivity contribution in [2.45, 2.75) is 0 Å². The molecule has 0 aromatic rings. The molecule has 0 amide bonds. The number of hydrogen-bond donors (Lipinski definition) is 1. The molecule has 0 heterocycles. The Kier molecular flexibility index (Phi) is 32.3. The van der Waals surface area contributed by atoms with Gasteiger partial charge in [-0.15, -0.1) is 11.6 Å². The fraction of sp³-hybridized carbons (Fsp3) is 1.00. The Bertz CT molecular complexity index is 234. The molecule has 0 fully saturated rings. The van der Waals surface area contributed by atoms with E-state index in [0.717, 1.165) is 0 Å². The molecule has 0 rings (SSSR count). The second-order valence-electron chi connectivity index (χ2n) is 1.47. The van der Waals surface area contributed by atoms with Crippen molar-refractivity contribution in [2.75, 3.05) is 12.5 Å². The SMILES string of the molecule is O=[P+]([O-])O[P+](=O)[O-].O=[P+]([O-])O[P+](=O)[O-].OCCCl.[Hf+4]. The predicted molar refractivity (Wildman–Crippen MR) is 50.4 cm³/mol. The van der Waals surface area contributed by atoms with E-state index < -0.39 is 33.0 Å². The molecule has 11 nitrogen and oxygen atoms in total. The van der Waals surface area contributed by atoms with Gasteiger partial charge in [0.15, 0.2) is 0 Å². The van der Waals surface area contributed by atoms with Crippen LogP contribution in [0.3, 0.4) is 0 Å². The summed E-state index contributed by atoms with van der Waals surface area (Å²) >= 11 is 4.94. The van der Waals surface area contributed by atoms with Crippen LogP contribution in [0.5, 0.6) is 0 Å². The van der Waals surface area contributed by atoms with Gasteiger partial charge in [0, 0.05) is 5.88 Å². The van der Waals surface area contributed by atoms with Crippen LogP contribution >= 0.6 is 44.6 Å². The van der Waals surface area contributed by atoms with E-state index in [4.69, 9.17) is 16.7 Å². The molecule has 0 aliphatic carbocycles. The van der Waals surface area contributed by atoms with E-state index in [1.807, 2.05) is 0 Å². The average molecular weight is 543 g/mol. The van der Waals surface area contributed by atoms with Crippen LogP contribution in [0.4, 0.5) is 0 Å². The molecular weight excluding hydrogens is 538 g/mol. The minimum atomic E-state index is -3.24. The van der Waals surface area contributed by atoms with Crippen molar-refractivity contribution in [2.24, 2.45) is 0 Å². The van der Waals surface area contributed by atoms with E-state index in [-0.39, 0.29) is 32.5 Å². The van der Waals surface area contributed by atoms with Crippen LogP contribution in [0, 0.1) is 0 Å². The monoisotopic (exact) mass is 544 g/mol. The van der Waals surface area contributed by atoms with Crippen molar-refractivity contribution in [3.8, 4) is 0 Å².